The first-order valence-corrected chi connectivity index (χ1v) is 7.18. The summed E-state index contributed by atoms with van der Waals surface area (Å²) in [6.45, 7) is 0. The number of fused-ring (bicyclic) bond motifs is 1. The number of nitrogens with one attached hydrogen (secondary N) is 2. The molecule has 0 spiro atoms. The maximum Gasteiger partial charge on any atom is 0.271 e. The number of rotatable bonds is 3. The smallest absolute Gasteiger partial charge is 0.271 e. The van der Waals surface area contributed by atoms with E-state index in [9.17, 15) is 4.79 Å². The molecule has 2 aromatic carbocycles. The maximum atomic E-state index is 11.9. The monoisotopic (exact) mass is 341 g/mol. The minimum absolute atomic E-state index is 0.243. The van der Waals surface area contributed by atoms with Crippen LogP contribution in [-0.4, -0.2) is 17.1 Å². The first-order valence-electron chi connectivity index (χ1n) is 6.39. The molecule has 3 rings (SSSR count). The second-order valence-electron chi connectivity index (χ2n) is 4.50. The van der Waals surface area contributed by atoms with Crippen LogP contribution in [0.25, 0.3) is 10.9 Å². The van der Waals surface area contributed by atoms with Crippen LogP contribution in [0, 0.1) is 0 Å². The van der Waals surface area contributed by atoms with Crippen LogP contribution in [0.2, 0.25) is 0 Å². The third-order valence-electron chi connectivity index (χ3n) is 3.08. The lowest BCUT2D eigenvalue weighted by Crippen LogP contribution is -2.17. The van der Waals surface area contributed by atoms with Crippen molar-refractivity contribution >= 4 is 39.0 Å². The van der Waals surface area contributed by atoms with Gasteiger partial charge < -0.3 is 4.98 Å². The molecule has 0 saturated heterocycles. The predicted octanol–water partition coefficient (Wildman–Crippen LogP) is 3.69. The van der Waals surface area contributed by atoms with Crippen molar-refractivity contribution in [3.05, 3.63) is 70.3 Å². The highest BCUT2D eigenvalue weighted by Crippen LogP contribution is 2.15. The van der Waals surface area contributed by atoms with E-state index in [1.807, 2.05) is 42.6 Å². The molecular formula is C16H12BrN3O. The third-order valence-corrected chi connectivity index (χ3v) is 3.57. The quantitative estimate of drug-likeness (QED) is 0.553. The minimum atomic E-state index is -0.243. The van der Waals surface area contributed by atoms with Gasteiger partial charge in [0.05, 0.1) is 6.21 Å². The summed E-state index contributed by atoms with van der Waals surface area (Å²) in [6, 6.07) is 15.1. The number of hydrogen-bond acceptors (Lipinski definition) is 2. The van der Waals surface area contributed by atoms with E-state index >= 15 is 0 Å². The van der Waals surface area contributed by atoms with E-state index in [1.165, 1.54) is 0 Å². The van der Waals surface area contributed by atoms with Crippen molar-refractivity contribution < 1.29 is 4.79 Å². The van der Waals surface area contributed by atoms with E-state index in [4.69, 9.17) is 0 Å². The van der Waals surface area contributed by atoms with Gasteiger partial charge in [0.1, 0.15) is 0 Å². The summed E-state index contributed by atoms with van der Waals surface area (Å²) < 4.78 is 0.857. The van der Waals surface area contributed by atoms with Gasteiger partial charge in [0.15, 0.2) is 0 Å². The Balaban J connectivity index is 1.74. The number of hydrogen-bond donors (Lipinski definition) is 2. The summed E-state index contributed by atoms with van der Waals surface area (Å²) in [7, 11) is 0. The number of hydrazone groups is 1. The number of amides is 1. The Morgan fingerprint density at radius 1 is 1.19 bits per heavy atom. The lowest BCUT2D eigenvalue weighted by atomic mass is 10.2. The van der Waals surface area contributed by atoms with Crippen LogP contribution < -0.4 is 5.43 Å². The third kappa shape index (κ3) is 3.03. The predicted molar refractivity (Wildman–Crippen MR) is 87.5 cm³/mol. The van der Waals surface area contributed by atoms with Gasteiger partial charge in [-0.1, -0.05) is 40.2 Å². The van der Waals surface area contributed by atoms with Gasteiger partial charge in [0.2, 0.25) is 0 Å². The Labute approximate surface area is 130 Å². The first-order chi connectivity index (χ1) is 10.2. The lowest BCUT2D eigenvalue weighted by molar-refractivity contribution is 0.0955. The van der Waals surface area contributed by atoms with Crippen molar-refractivity contribution in [1.82, 2.24) is 10.4 Å². The van der Waals surface area contributed by atoms with Crippen molar-refractivity contribution in [3.63, 3.8) is 0 Å². The summed E-state index contributed by atoms with van der Waals surface area (Å²) >= 11 is 3.33. The molecule has 5 heteroatoms. The molecule has 0 aliphatic carbocycles. The van der Waals surface area contributed by atoms with E-state index in [0.717, 1.165) is 20.9 Å². The van der Waals surface area contributed by atoms with Crippen molar-refractivity contribution in [3.8, 4) is 0 Å². The van der Waals surface area contributed by atoms with Crippen molar-refractivity contribution in [2.45, 2.75) is 0 Å². The zero-order chi connectivity index (χ0) is 14.7. The normalized spacial score (nSPS) is 11.1. The van der Waals surface area contributed by atoms with Crippen molar-refractivity contribution in [1.29, 1.82) is 0 Å². The number of nitrogens with zero attached hydrogens (tertiary/aromatic N) is 1. The van der Waals surface area contributed by atoms with Gasteiger partial charge in [-0.25, -0.2) is 5.43 Å². The fourth-order valence-corrected chi connectivity index (χ4v) is 2.45. The average Bonchev–Trinajstić information content (AvgIpc) is 2.91. The molecule has 0 atom stereocenters. The molecule has 1 heterocycles. The van der Waals surface area contributed by atoms with Gasteiger partial charge in [-0.2, -0.15) is 5.10 Å². The minimum Gasteiger partial charge on any atom is -0.361 e. The number of halogens is 1. The average molecular weight is 342 g/mol. The largest absolute Gasteiger partial charge is 0.361 e. The highest BCUT2D eigenvalue weighted by atomic mass is 79.9. The number of para-hydroxylation sites is 1. The molecule has 104 valence electrons. The molecule has 0 aliphatic rings. The summed E-state index contributed by atoms with van der Waals surface area (Å²) in [6.07, 6.45) is 3.49. The van der Waals surface area contributed by atoms with E-state index in [2.05, 4.69) is 31.4 Å². The summed E-state index contributed by atoms with van der Waals surface area (Å²) in [5.41, 5.74) is 5.05. The van der Waals surface area contributed by atoms with Gasteiger partial charge >= 0.3 is 0 Å². The van der Waals surface area contributed by atoms with Crippen LogP contribution in [0.15, 0.2) is 64.3 Å². The Kier molecular flexibility index (Phi) is 3.83. The number of H-pyrrole nitrogens is 1. The second kappa shape index (κ2) is 5.93. The van der Waals surface area contributed by atoms with Gasteiger partial charge in [-0.15, -0.1) is 0 Å². The van der Waals surface area contributed by atoms with Crippen LogP contribution >= 0.6 is 15.9 Å². The number of carbonyl (C=O) groups excluding carboxylic acids is 1. The fraction of sp³-hybridized carbons (Fsp3) is 0. The number of aromatic amines is 1. The Hall–Kier alpha value is -2.40. The molecule has 4 nitrogen and oxygen atoms in total. The van der Waals surface area contributed by atoms with Crippen molar-refractivity contribution in [2.75, 3.05) is 0 Å². The molecular weight excluding hydrogens is 330 g/mol. The van der Waals surface area contributed by atoms with Crippen molar-refractivity contribution in [2.24, 2.45) is 5.10 Å². The van der Waals surface area contributed by atoms with Gasteiger partial charge in [-0.3, -0.25) is 4.79 Å². The molecule has 21 heavy (non-hydrogen) atoms. The van der Waals surface area contributed by atoms with Gasteiger partial charge in [-0.05, 0) is 24.3 Å². The van der Waals surface area contributed by atoms with E-state index in [-0.39, 0.29) is 5.91 Å². The Bertz CT molecular complexity index is 823. The van der Waals surface area contributed by atoms with Gasteiger partial charge in [0, 0.05) is 32.7 Å². The molecule has 1 aromatic heterocycles. The van der Waals surface area contributed by atoms with E-state index < -0.39 is 0 Å². The molecule has 0 radical (unpaired) electrons. The van der Waals surface area contributed by atoms with E-state index in [0.29, 0.717) is 5.56 Å². The van der Waals surface area contributed by atoms with Crippen LogP contribution in [0.4, 0.5) is 0 Å². The zero-order valence-electron chi connectivity index (χ0n) is 11.0. The molecule has 2 N–H and O–H groups in total. The summed E-state index contributed by atoms with van der Waals surface area (Å²) in [5.74, 6) is -0.243. The topological polar surface area (TPSA) is 57.2 Å². The highest BCUT2D eigenvalue weighted by Gasteiger charge is 2.04. The zero-order valence-corrected chi connectivity index (χ0v) is 12.6. The maximum absolute atomic E-state index is 11.9. The van der Waals surface area contributed by atoms with Gasteiger partial charge in [0.25, 0.3) is 5.91 Å². The molecule has 1 amide bonds. The molecule has 0 fully saturated rings. The second-order valence-corrected chi connectivity index (χ2v) is 5.41. The van der Waals surface area contributed by atoms with E-state index in [1.54, 1.807) is 18.3 Å². The van der Waals surface area contributed by atoms with Crippen LogP contribution in [0.5, 0.6) is 0 Å². The molecule has 3 aromatic rings. The fourth-order valence-electron chi connectivity index (χ4n) is 2.06. The Morgan fingerprint density at radius 2 is 2.05 bits per heavy atom. The number of benzene rings is 2. The molecule has 0 unspecified atom stereocenters. The standard InChI is InChI=1S/C16H12BrN3O/c17-13-5-3-4-11(8-13)16(21)20-19-10-12-9-18-15-7-2-1-6-14(12)15/h1-10,18H,(H,20,21). The first kappa shape index (κ1) is 13.6. The van der Waals surface area contributed by atoms with Crippen LogP contribution in [0.1, 0.15) is 15.9 Å². The number of carbonyl (C=O) groups is 1. The SMILES string of the molecule is O=C(NN=Cc1c[nH]c2ccccc12)c1cccc(Br)c1. The van der Waals surface area contributed by atoms with Crippen LogP contribution in [-0.2, 0) is 0 Å². The molecule has 0 bridgehead atoms. The molecule has 0 saturated carbocycles. The lowest BCUT2D eigenvalue weighted by Gasteiger charge is -1.99. The van der Waals surface area contributed by atoms with Crippen LogP contribution in [0.3, 0.4) is 0 Å². The summed E-state index contributed by atoms with van der Waals surface area (Å²) in [4.78, 5) is 15.1. The highest BCUT2D eigenvalue weighted by molar-refractivity contribution is 9.10. The number of aromatic nitrogens is 1. The Morgan fingerprint density at radius 3 is 2.90 bits per heavy atom. The molecule has 0 aliphatic heterocycles. The summed E-state index contributed by atoms with van der Waals surface area (Å²) in [5, 5.41) is 5.08.